The first-order valence-corrected chi connectivity index (χ1v) is 37.1. The van der Waals surface area contributed by atoms with Crippen molar-refractivity contribution >= 4 is 52.9 Å². The van der Waals surface area contributed by atoms with E-state index in [-0.39, 0.29) is 179 Å². The van der Waals surface area contributed by atoms with E-state index in [4.69, 9.17) is 62.6 Å². The number of hydrogen-bond donors (Lipinski definition) is 3. The van der Waals surface area contributed by atoms with Crippen LogP contribution in [0.25, 0.3) is 0 Å². The first-order chi connectivity index (χ1) is 46.8. The number of Topliss-reactive ketones (excluding diaryl/α,β-unsaturated/α-hetero) is 4. The van der Waals surface area contributed by atoms with E-state index >= 15 is 0 Å². The molecule has 4 N–H and O–H groups in total. The Morgan fingerprint density at radius 2 is 0.663 bits per heavy atom. The van der Waals surface area contributed by atoms with Crippen molar-refractivity contribution in [3.8, 4) is 0 Å². The molecule has 2 amide bonds. The molecule has 0 aromatic heterocycles. The lowest BCUT2D eigenvalue weighted by molar-refractivity contribution is -0.255. The SMILES string of the molecule is CC(=O)OCC1OC(OCCCCC(=O)CCCCCC(=O)CCOCC(N)C(COCCC(=O)NCCCNC(=O)CCCCOC2OC(COC(C)=O)C(C)C(C)C2C)OCCC(=O)CCCCCC(=O)CCCCOC2OC(COC(C)=O)C(C)C(C)C2C)C(C)C(C)C1C. The van der Waals surface area contributed by atoms with Crippen molar-refractivity contribution in [3.63, 3.8) is 0 Å². The van der Waals surface area contributed by atoms with Crippen LogP contribution in [0.3, 0.4) is 0 Å². The van der Waals surface area contributed by atoms with Gasteiger partial charge in [-0.2, -0.15) is 0 Å². The predicted octanol–water partition coefficient (Wildman–Crippen LogP) is 9.85. The average Bonchev–Trinajstić information content (AvgIpc) is 0.835. The van der Waals surface area contributed by atoms with Crippen molar-refractivity contribution in [2.24, 2.45) is 59.0 Å². The molecule has 3 fully saturated rings. The first-order valence-electron chi connectivity index (χ1n) is 37.1. The number of ketones is 4. The van der Waals surface area contributed by atoms with Gasteiger partial charge in [0.25, 0.3) is 0 Å². The summed E-state index contributed by atoms with van der Waals surface area (Å²) in [6, 6.07) is -0.667. The number of amides is 2. The molecule has 0 aromatic rings. The lowest BCUT2D eigenvalue weighted by atomic mass is 9.79. The molecule has 3 heterocycles. The number of nitrogens with two attached hydrogens (primary N) is 1. The van der Waals surface area contributed by atoms with E-state index < -0.39 is 31.0 Å². The van der Waals surface area contributed by atoms with Crippen molar-refractivity contribution in [3.05, 3.63) is 0 Å². The van der Waals surface area contributed by atoms with Crippen molar-refractivity contribution < 1.29 is 100.0 Å². The molecular formula is C74H129N3O21. The van der Waals surface area contributed by atoms with Crippen LogP contribution in [0, 0.1) is 53.3 Å². The second-order valence-corrected chi connectivity index (χ2v) is 28.1. The Kier molecular flexibility index (Phi) is 45.6. The number of rotatable bonds is 55. The van der Waals surface area contributed by atoms with Crippen LogP contribution in [0.5, 0.6) is 0 Å². The summed E-state index contributed by atoms with van der Waals surface area (Å²) in [5.74, 6) is 1.25. The highest BCUT2D eigenvalue weighted by atomic mass is 16.7. The molecule has 0 aliphatic carbocycles. The lowest BCUT2D eigenvalue weighted by Gasteiger charge is -2.43. The van der Waals surface area contributed by atoms with Crippen LogP contribution in [0.2, 0.25) is 0 Å². The zero-order chi connectivity index (χ0) is 72.4. The smallest absolute Gasteiger partial charge is 0.302 e. The number of hydrogen-bond acceptors (Lipinski definition) is 22. The Morgan fingerprint density at radius 1 is 0.347 bits per heavy atom. The highest BCUT2D eigenvalue weighted by Crippen LogP contribution is 2.38. The molecule has 0 bridgehead atoms. The number of carbonyl (C=O) groups is 9. The fourth-order valence-electron chi connectivity index (χ4n) is 12.4. The molecule has 0 radical (unpaired) electrons. The van der Waals surface area contributed by atoms with Crippen LogP contribution in [0.1, 0.15) is 231 Å². The van der Waals surface area contributed by atoms with Gasteiger partial charge in [-0.1, -0.05) is 75.2 Å². The van der Waals surface area contributed by atoms with Crippen molar-refractivity contribution in [1.29, 1.82) is 0 Å². The van der Waals surface area contributed by atoms with Gasteiger partial charge in [0.05, 0.1) is 63.5 Å². The zero-order valence-electron chi connectivity index (χ0n) is 61.9. The van der Waals surface area contributed by atoms with Gasteiger partial charge in [0.1, 0.15) is 43.0 Å². The molecule has 24 nitrogen and oxygen atoms in total. The van der Waals surface area contributed by atoms with Crippen LogP contribution in [0.4, 0.5) is 0 Å². The molecule has 3 rings (SSSR count). The normalized spacial score (nSPS) is 26.2. The summed E-state index contributed by atoms with van der Waals surface area (Å²) in [4.78, 5) is 110. The molecule has 17 atom stereocenters. The highest BCUT2D eigenvalue weighted by Gasteiger charge is 2.43. The van der Waals surface area contributed by atoms with Gasteiger partial charge >= 0.3 is 17.9 Å². The van der Waals surface area contributed by atoms with Gasteiger partial charge < -0.3 is 73.2 Å². The molecule has 0 spiro atoms. The maximum atomic E-state index is 13.0. The summed E-state index contributed by atoms with van der Waals surface area (Å²) < 4.78 is 70.2. The Hall–Kier alpha value is -4.37. The minimum Gasteiger partial charge on any atom is -0.463 e. The summed E-state index contributed by atoms with van der Waals surface area (Å²) in [7, 11) is 0. The third-order valence-corrected chi connectivity index (χ3v) is 20.2. The van der Waals surface area contributed by atoms with Crippen molar-refractivity contribution in [1.82, 2.24) is 10.6 Å². The largest absolute Gasteiger partial charge is 0.463 e. The van der Waals surface area contributed by atoms with Gasteiger partial charge in [0.15, 0.2) is 18.9 Å². The van der Waals surface area contributed by atoms with E-state index in [9.17, 15) is 43.2 Å². The molecule has 98 heavy (non-hydrogen) atoms. The van der Waals surface area contributed by atoms with Gasteiger partial charge in [0, 0.05) is 136 Å². The average molecular weight is 1400 g/mol. The highest BCUT2D eigenvalue weighted by molar-refractivity contribution is 5.80. The standard InChI is InChI=1S/C74H129N3O21/c1-49-52(4)66(46-93-58(10)78)96-72(55(49)7)90-38-22-19-30-61(81)26-15-13-17-28-63(83)33-41-87-44-65(75)69(89-43-34-64(84)29-18-14-16-27-62(82)31-20-23-39-91-73-56(8)50(2)53(5)67(97-73)47-94-59(11)79)45-88-42-35-71(86)77-37-25-36-76-70(85)32-21-24-40-92-74-57(9)51(3)54(6)68(98-74)48-95-60(12)80/h49-57,65-69,72-74H,13-48,75H2,1-12H3,(H,76,85)(H,77,86). The number of esters is 3. The monoisotopic (exact) mass is 1400 g/mol. The van der Waals surface area contributed by atoms with E-state index in [1.54, 1.807) is 0 Å². The third-order valence-electron chi connectivity index (χ3n) is 20.2. The van der Waals surface area contributed by atoms with Crippen LogP contribution in [0.15, 0.2) is 0 Å². The second kappa shape index (κ2) is 50.9. The van der Waals surface area contributed by atoms with Crippen LogP contribution in [-0.2, 0) is 100.0 Å². The zero-order valence-corrected chi connectivity index (χ0v) is 61.9. The Balaban J connectivity index is 1.32. The van der Waals surface area contributed by atoms with Crippen LogP contribution in [-0.4, -0.2) is 188 Å². The van der Waals surface area contributed by atoms with Crippen molar-refractivity contribution in [2.75, 3.05) is 85.8 Å². The number of unbranched alkanes of at least 4 members (excludes halogenated alkanes) is 7. The van der Waals surface area contributed by atoms with Crippen LogP contribution < -0.4 is 16.4 Å². The number of ether oxygens (including phenoxy) is 12. The summed E-state index contributed by atoms with van der Waals surface area (Å²) in [6.45, 7) is 26.4. The Labute approximate surface area is 586 Å². The maximum absolute atomic E-state index is 13.0. The molecule has 3 aliphatic rings. The second-order valence-electron chi connectivity index (χ2n) is 28.1. The summed E-state index contributed by atoms with van der Waals surface area (Å²) >= 11 is 0. The molecular weight excluding hydrogens is 1270 g/mol. The Morgan fingerprint density at radius 3 is 1.04 bits per heavy atom. The molecule has 17 unspecified atom stereocenters. The van der Waals surface area contributed by atoms with Gasteiger partial charge in [-0.25, -0.2) is 0 Å². The van der Waals surface area contributed by atoms with Gasteiger partial charge in [-0.3, -0.25) is 43.2 Å². The van der Waals surface area contributed by atoms with Gasteiger partial charge in [-0.15, -0.1) is 0 Å². The van der Waals surface area contributed by atoms with E-state index in [1.165, 1.54) is 20.8 Å². The van der Waals surface area contributed by atoms with E-state index in [0.29, 0.717) is 153 Å². The first kappa shape index (κ1) is 87.8. The molecule has 24 heteroatoms. The molecule has 566 valence electrons. The number of nitrogens with one attached hydrogen (secondary N) is 2. The van der Waals surface area contributed by atoms with E-state index in [0.717, 1.165) is 25.7 Å². The fourth-order valence-corrected chi connectivity index (χ4v) is 12.4. The summed E-state index contributed by atoms with van der Waals surface area (Å²) in [5, 5.41) is 5.76. The van der Waals surface area contributed by atoms with E-state index in [2.05, 4.69) is 72.9 Å². The number of carbonyl (C=O) groups excluding carboxylic acids is 9. The summed E-state index contributed by atoms with van der Waals surface area (Å²) in [5.41, 5.74) is 6.57. The summed E-state index contributed by atoms with van der Waals surface area (Å²) in [6.07, 6.45) is 9.75. The van der Waals surface area contributed by atoms with Crippen LogP contribution >= 0.6 is 0 Å². The minimum absolute atomic E-state index is 0.0250. The topological polar surface area (TPSA) is 314 Å². The fraction of sp³-hybridized carbons (Fsp3) is 0.878. The molecule has 3 aliphatic heterocycles. The minimum atomic E-state index is -0.675. The third kappa shape index (κ3) is 37.0. The van der Waals surface area contributed by atoms with Crippen molar-refractivity contribution in [2.45, 2.75) is 280 Å². The lowest BCUT2D eigenvalue weighted by Crippen LogP contribution is -2.47. The Bertz CT molecular complexity index is 2310. The molecule has 0 aromatic carbocycles. The van der Waals surface area contributed by atoms with Gasteiger partial charge in [0.2, 0.25) is 11.8 Å². The predicted molar refractivity (Wildman–Crippen MR) is 368 cm³/mol. The maximum Gasteiger partial charge on any atom is 0.302 e. The van der Waals surface area contributed by atoms with E-state index in [1.807, 2.05) is 0 Å². The molecule has 0 saturated carbocycles. The molecule has 3 saturated heterocycles. The van der Waals surface area contributed by atoms with Gasteiger partial charge in [-0.05, 0) is 106 Å². The quantitative estimate of drug-likeness (QED) is 0.0290.